The fraction of sp³-hybridized carbons (Fsp3) is 0.444. The van der Waals surface area contributed by atoms with E-state index in [1.165, 1.54) is 13.8 Å². The Morgan fingerprint density at radius 3 is 2.85 bits per heavy atom. The summed E-state index contributed by atoms with van der Waals surface area (Å²) >= 11 is 0. The van der Waals surface area contributed by atoms with E-state index in [2.05, 4.69) is 10.3 Å². The standard InChI is InChI=1S/C9H14N2O2/c1-9(2,13)8(12)11-6-7-4-3-5-10-7/h3-5,10,13H,6H2,1-2H3,(H,11,12). The molecule has 0 aliphatic rings. The first-order valence-corrected chi connectivity index (χ1v) is 4.13. The van der Waals surface area contributed by atoms with Gasteiger partial charge in [0.2, 0.25) is 0 Å². The molecular weight excluding hydrogens is 168 g/mol. The van der Waals surface area contributed by atoms with Crippen molar-refractivity contribution in [2.24, 2.45) is 0 Å². The third-order valence-electron chi connectivity index (χ3n) is 1.66. The van der Waals surface area contributed by atoms with Crippen LogP contribution in [0.2, 0.25) is 0 Å². The van der Waals surface area contributed by atoms with E-state index in [0.29, 0.717) is 6.54 Å². The van der Waals surface area contributed by atoms with Crippen LogP contribution in [0, 0.1) is 0 Å². The summed E-state index contributed by atoms with van der Waals surface area (Å²) in [4.78, 5) is 14.1. The summed E-state index contributed by atoms with van der Waals surface area (Å²) in [5, 5.41) is 11.9. The molecule has 13 heavy (non-hydrogen) atoms. The summed E-state index contributed by atoms with van der Waals surface area (Å²) in [7, 11) is 0. The van der Waals surface area contributed by atoms with Gasteiger partial charge in [-0.05, 0) is 26.0 Å². The Balaban J connectivity index is 2.40. The molecule has 4 heteroatoms. The summed E-state index contributed by atoms with van der Waals surface area (Å²) in [6.45, 7) is 3.32. The number of rotatable bonds is 3. The molecular formula is C9H14N2O2. The van der Waals surface area contributed by atoms with Crippen molar-refractivity contribution >= 4 is 5.91 Å². The molecule has 3 N–H and O–H groups in total. The molecule has 1 heterocycles. The zero-order valence-corrected chi connectivity index (χ0v) is 7.79. The maximum atomic E-state index is 11.2. The van der Waals surface area contributed by atoms with E-state index in [4.69, 9.17) is 0 Å². The highest BCUT2D eigenvalue weighted by molar-refractivity contribution is 5.83. The molecule has 4 nitrogen and oxygen atoms in total. The van der Waals surface area contributed by atoms with Gasteiger partial charge < -0.3 is 15.4 Å². The first-order valence-electron chi connectivity index (χ1n) is 4.13. The minimum Gasteiger partial charge on any atom is -0.381 e. The van der Waals surface area contributed by atoms with E-state index in [0.717, 1.165) is 5.69 Å². The second-order valence-electron chi connectivity index (χ2n) is 3.44. The van der Waals surface area contributed by atoms with E-state index >= 15 is 0 Å². The number of hydrogen-bond donors (Lipinski definition) is 3. The summed E-state index contributed by atoms with van der Waals surface area (Å²) in [5.74, 6) is -0.373. The van der Waals surface area contributed by atoms with Crippen molar-refractivity contribution in [3.63, 3.8) is 0 Å². The molecule has 1 aromatic rings. The van der Waals surface area contributed by atoms with Crippen molar-refractivity contribution < 1.29 is 9.90 Å². The molecule has 0 atom stereocenters. The summed E-state index contributed by atoms with van der Waals surface area (Å²) in [6.07, 6.45) is 1.78. The van der Waals surface area contributed by atoms with Crippen LogP contribution in [0.15, 0.2) is 18.3 Å². The average Bonchev–Trinajstić information content (AvgIpc) is 2.50. The molecule has 0 saturated heterocycles. The monoisotopic (exact) mass is 182 g/mol. The van der Waals surface area contributed by atoms with Gasteiger partial charge in [0.15, 0.2) is 0 Å². The van der Waals surface area contributed by atoms with Crippen molar-refractivity contribution in [3.8, 4) is 0 Å². The fourth-order valence-electron chi connectivity index (χ4n) is 0.869. The number of aromatic amines is 1. The SMILES string of the molecule is CC(C)(O)C(=O)NCc1ccc[nH]1. The van der Waals surface area contributed by atoms with Crippen molar-refractivity contribution in [2.75, 3.05) is 0 Å². The molecule has 0 unspecified atom stereocenters. The molecule has 1 amide bonds. The van der Waals surface area contributed by atoms with Crippen LogP contribution >= 0.6 is 0 Å². The van der Waals surface area contributed by atoms with E-state index in [1.54, 1.807) is 6.20 Å². The molecule has 0 aliphatic carbocycles. The normalized spacial score (nSPS) is 11.3. The molecule has 0 aliphatic heterocycles. The van der Waals surface area contributed by atoms with Gasteiger partial charge in [-0.15, -0.1) is 0 Å². The predicted molar refractivity (Wildman–Crippen MR) is 48.9 cm³/mol. The van der Waals surface area contributed by atoms with Gasteiger partial charge in [-0.25, -0.2) is 0 Å². The Labute approximate surface area is 77.0 Å². The second-order valence-corrected chi connectivity index (χ2v) is 3.44. The van der Waals surface area contributed by atoms with Crippen LogP contribution in [-0.2, 0) is 11.3 Å². The Kier molecular flexibility index (Phi) is 2.72. The highest BCUT2D eigenvalue weighted by Gasteiger charge is 2.22. The van der Waals surface area contributed by atoms with Gasteiger partial charge in [0.1, 0.15) is 5.60 Å². The molecule has 72 valence electrons. The molecule has 0 fully saturated rings. The Hall–Kier alpha value is -1.29. The first kappa shape index (κ1) is 9.80. The van der Waals surface area contributed by atoms with Crippen LogP contribution < -0.4 is 5.32 Å². The van der Waals surface area contributed by atoms with Gasteiger partial charge >= 0.3 is 0 Å². The molecule has 0 aromatic carbocycles. The lowest BCUT2D eigenvalue weighted by Crippen LogP contribution is -2.41. The minimum atomic E-state index is -1.31. The highest BCUT2D eigenvalue weighted by Crippen LogP contribution is 2.01. The largest absolute Gasteiger partial charge is 0.381 e. The Morgan fingerprint density at radius 2 is 2.38 bits per heavy atom. The molecule has 1 aromatic heterocycles. The number of aromatic nitrogens is 1. The van der Waals surface area contributed by atoms with E-state index in [1.807, 2.05) is 12.1 Å². The molecule has 0 spiro atoms. The van der Waals surface area contributed by atoms with Crippen LogP contribution in [0.1, 0.15) is 19.5 Å². The quantitative estimate of drug-likeness (QED) is 0.633. The number of aliphatic hydroxyl groups is 1. The van der Waals surface area contributed by atoms with E-state index < -0.39 is 5.60 Å². The molecule has 0 radical (unpaired) electrons. The summed E-state index contributed by atoms with van der Waals surface area (Å²) < 4.78 is 0. The van der Waals surface area contributed by atoms with Gasteiger partial charge in [-0.2, -0.15) is 0 Å². The number of nitrogens with one attached hydrogen (secondary N) is 2. The lowest BCUT2D eigenvalue weighted by atomic mass is 10.1. The first-order chi connectivity index (χ1) is 6.00. The maximum Gasteiger partial charge on any atom is 0.251 e. The van der Waals surface area contributed by atoms with Crippen molar-refractivity contribution in [1.82, 2.24) is 10.3 Å². The van der Waals surface area contributed by atoms with Crippen LogP contribution in [-0.4, -0.2) is 21.6 Å². The summed E-state index contributed by atoms with van der Waals surface area (Å²) in [5.41, 5.74) is -0.398. The van der Waals surface area contributed by atoms with E-state index in [-0.39, 0.29) is 5.91 Å². The van der Waals surface area contributed by atoms with Gasteiger partial charge in [0.05, 0.1) is 6.54 Å². The van der Waals surface area contributed by atoms with Gasteiger partial charge in [0, 0.05) is 11.9 Å². The zero-order valence-electron chi connectivity index (χ0n) is 7.79. The third kappa shape index (κ3) is 2.91. The van der Waals surface area contributed by atoms with Crippen LogP contribution in [0.25, 0.3) is 0 Å². The van der Waals surface area contributed by atoms with Crippen molar-refractivity contribution in [2.45, 2.75) is 26.0 Å². The maximum absolute atomic E-state index is 11.2. The topological polar surface area (TPSA) is 65.1 Å². The Bertz CT molecular complexity index is 272. The van der Waals surface area contributed by atoms with Gasteiger partial charge in [-0.1, -0.05) is 0 Å². The third-order valence-corrected chi connectivity index (χ3v) is 1.66. The molecule has 0 bridgehead atoms. The van der Waals surface area contributed by atoms with Gasteiger partial charge in [-0.3, -0.25) is 4.79 Å². The smallest absolute Gasteiger partial charge is 0.251 e. The summed E-state index contributed by atoms with van der Waals surface area (Å²) in [6, 6.07) is 3.72. The van der Waals surface area contributed by atoms with Crippen molar-refractivity contribution in [3.05, 3.63) is 24.0 Å². The molecule has 1 rings (SSSR count). The lowest BCUT2D eigenvalue weighted by Gasteiger charge is -2.15. The molecule has 0 saturated carbocycles. The van der Waals surface area contributed by atoms with Crippen LogP contribution in [0.3, 0.4) is 0 Å². The number of H-pyrrole nitrogens is 1. The number of carbonyl (C=O) groups is 1. The second kappa shape index (κ2) is 3.62. The average molecular weight is 182 g/mol. The highest BCUT2D eigenvalue weighted by atomic mass is 16.3. The van der Waals surface area contributed by atoms with Gasteiger partial charge in [0.25, 0.3) is 5.91 Å². The minimum absolute atomic E-state index is 0.373. The number of amides is 1. The number of hydrogen-bond acceptors (Lipinski definition) is 2. The Morgan fingerprint density at radius 1 is 1.69 bits per heavy atom. The number of carbonyl (C=O) groups excluding carboxylic acids is 1. The fourth-order valence-corrected chi connectivity index (χ4v) is 0.869. The lowest BCUT2D eigenvalue weighted by molar-refractivity contribution is -0.136. The zero-order chi connectivity index (χ0) is 9.90. The van der Waals surface area contributed by atoms with Crippen molar-refractivity contribution in [1.29, 1.82) is 0 Å². The van der Waals surface area contributed by atoms with Crippen LogP contribution in [0.4, 0.5) is 0 Å². The predicted octanol–water partition coefficient (Wildman–Crippen LogP) is 0.402. The van der Waals surface area contributed by atoms with E-state index in [9.17, 15) is 9.90 Å². The van der Waals surface area contributed by atoms with Crippen LogP contribution in [0.5, 0.6) is 0 Å².